The zero-order chi connectivity index (χ0) is 29.6. The first-order valence-corrected chi connectivity index (χ1v) is 15.0. The number of nitriles is 2. The van der Waals surface area contributed by atoms with E-state index in [-0.39, 0.29) is 28.4 Å². The van der Waals surface area contributed by atoms with E-state index >= 15 is 0 Å². The van der Waals surface area contributed by atoms with E-state index in [9.17, 15) is 18.5 Å². The molecule has 0 saturated heterocycles. The Morgan fingerprint density at radius 3 is 2.15 bits per heavy atom. The number of hydrogen-bond acceptors (Lipinski definition) is 10. The number of aromatic nitrogens is 2. The summed E-state index contributed by atoms with van der Waals surface area (Å²) in [4.78, 5) is 22.2. The number of sulfone groups is 1. The molecule has 0 radical (unpaired) electrons. The Labute approximate surface area is 242 Å². The average Bonchev–Trinajstić information content (AvgIpc) is 2.94. The average molecular weight is 585 g/mol. The number of aryl methyl sites for hydroxylation is 2. The number of nitrogens with zero attached hydrogens (tertiary/aromatic N) is 4. The van der Waals surface area contributed by atoms with E-state index in [0.29, 0.717) is 33.1 Å². The molecular formula is C29H24N6O4S2. The molecule has 1 aromatic heterocycles. The van der Waals surface area contributed by atoms with Gasteiger partial charge in [-0.25, -0.2) is 13.4 Å². The Morgan fingerprint density at radius 2 is 1.56 bits per heavy atom. The van der Waals surface area contributed by atoms with Crippen LogP contribution in [0.25, 0.3) is 0 Å². The molecule has 41 heavy (non-hydrogen) atoms. The van der Waals surface area contributed by atoms with E-state index in [2.05, 4.69) is 32.7 Å². The number of anilines is 3. The second-order valence-electron chi connectivity index (χ2n) is 8.96. The molecule has 206 valence electrons. The summed E-state index contributed by atoms with van der Waals surface area (Å²) in [6.45, 7) is 3.66. The maximum atomic E-state index is 12.7. The number of nitrogens with one attached hydrogen (secondary N) is 2. The molecule has 10 nitrogen and oxygen atoms in total. The van der Waals surface area contributed by atoms with Gasteiger partial charge in [0.1, 0.15) is 5.75 Å². The van der Waals surface area contributed by atoms with Gasteiger partial charge in [-0.05, 0) is 85.6 Å². The molecule has 0 bridgehead atoms. The molecule has 0 spiro atoms. The highest BCUT2D eigenvalue weighted by Gasteiger charge is 2.16. The minimum Gasteiger partial charge on any atom is -0.437 e. The van der Waals surface area contributed by atoms with E-state index in [1.165, 1.54) is 36.0 Å². The van der Waals surface area contributed by atoms with Crippen LogP contribution < -0.4 is 15.4 Å². The van der Waals surface area contributed by atoms with Gasteiger partial charge in [-0.3, -0.25) is 4.79 Å². The molecule has 1 amide bonds. The van der Waals surface area contributed by atoms with Crippen molar-refractivity contribution in [3.8, 4) is 23.8 Å². The fourth-order valence-electron chi connectivity index (χ4n) is 3.74. The molecule has 0 saturated carbocycles. The minimum atomic E-state index is -3.34. The van der Waals surface area contributed by atoms with Crippen molar-refractivity contribution in [2.24, 2.45) is 0 Å². The van der Waals surface area contributed by atoms with Crippen LogP contribution in [0.5, 0.6) is 11.6 Å². The minimum absolute atomic E-state index is 0.00127. The Morgan fingerprint density at radius 1 is 0.951 bits per heavy atom. The number of amides is 1. The number of benzene rings is 3. The molecule has 0 aliphatic heterocycles. The molecule has 0 fully saturated rings. The van der Waals surface area contributed by atoms with Gasteiger partial charge in [0, 0.05) is 23.8 Å². The first-order chi connectivity index (χ1) is 19.5. The van der Waals surface area contributed by atoms with E-state index in [4.69, 9.17) is 10.00 Å². The van der Waals surface area contributed by atoms with Crippen LogP contribution >= 0.6 is 11.8 Å². The van der Waals surface area contributed by atoms with Gasteiger partial charge >= 0.3 is 0 Å². The monoisotopic (exact) mass is 584 g/mol. The van der Waals surface area contributed by atoms with Crippen molar-refractivity contribution in [1.29, 1.82) is 10.5 Å². The highest BCUT2D eigenvalue weighted by molar-refractivity contribution is 8.00. The van der Waals surface area contributed by atoms with Crippen molar-refractivity contribution >= 4 is 44.8 Å². The highest BCUT2D eigenvalue weighted by Crippen LogP contribution is 2.35. The molecule has 0 unspecified atom stereocenters. The van der Waals surface area contributed by atoms with Crippen molar-refractivity contribution in [1.82, 2.24) is 9.97 Å². The predicted molar refractivity (Wildman–Crippen MR) is 156 cm³/mol. The molecule has 4 rings (SSSR count). The van der Waals surface area contributed by atoms with Gasteiger partial charge in [-0.15, -0.1) is 11.8 Å². The summed E-state index contributed by atoms with van der Waals surface area (Å²) >= 11 is 1.17. The lowest BCUT2D eigenvalue weighted by molar-refractivity contribution is -0.113. The van der Waals surface area contributed by atoms with E-state index in [0.717, 1.165) is 17.4 Å². The maximum Gasteiger partial charge on any atom is 0.237 e. The smallest absolute Gasteiger partial charge is 0.237 e. The number of rotatable bonds is 9. The molecule has 0 aliphatic carbocycles. The maximum absolute atomic E-state index is 12.7. The number of thioether (sulfide) groups is 1. The van der Waals surface area contributed by atoms with Crippen LogP contribution in [0.3, 0.4) is 0 Å². The topological polar surface area (TPSA) is 158 Å². The van der Waals surface area contributed by atoms with Gasteiger partial charge in [-0.1, -0.05) is 0 Å². The standard InChI is InChI=1S/C29H24N6O4S2/c1-18-12-21(15-31)13-19(2)27(18)39-28-25(16-32-29(35-28)34-23-6-4-20(14-30)5-7-23)40-17-26(36)33-22-8-10-24(11-9-22)41(3,37)38/h4-13,16H,17H2,1-3H3,(H,33,36)(H,32,34,35). The zero-order valence-corrected chi connectivity index (χ0v) is 23.9. The number of ether oxygens (including phenoxy) is 1. The molecule has 2 N–H and O–H groups in total. The van der Waals surface area contributed by atoms with Crippen LogP contribution in [0.15, 0.2) is 76.7 Å². The highest BCUT2D eigenvalue weighted by atomic mass is 32.2. The lowest BCUT2D eigenvalue weighted by Gasteiger charge is -2.15. The van der Waals surface area contributed by atoms with Gasteiger partial charge in [0.25, 0.3) is 0 Å². The third-order valence-electron chi connectivity index (χ3n) is 5.71. The molecule has 12 heteroatoms. The summed E-state index contributed by atoms with van der Waals surface area (Å²) in [7, 11) is -3.34. The van der Waals surface area contributed by atoms with Crippen molar-refractivity contribution < 1.29 is 17.9 Å². The van der Waals surface area contributed by atoms with Gasteiger partial charge in [0.15, 0.2) is 9.84 Å². The van der Waals surface area contributed by atoms with Gasteiger partial charge in [0.05, 0.1) is 38.8 Å². The second kappa shape index (κ2) is 12.5. The second-order valence-corrected chi connectivity index (χ2v) is 12.0. The van der Waals surface area contributed by atoms with Crippen LogP contribution in [-0.2, 0) is 14.6 Å². The fraction of sp³-hybridized carbons (Fsp3) is 0.138. The summed E-state index contributed by atoms with van der Waals surface area (Å²) in [6.07, 6.45) is 2.66. The Bertz CT molecular complexity index is 1770. The summed E-state index contributed by atoms with van der Waals surface area (Å²) < 4.78 is 29.6. The molecule has 0 atom stereocenters. The van der Waals surface area contributed by atoms with E-state index < -0.39 is 9.84 Å². The predicted octanol–water partition coefficient (Wildman–Crippen LogP) is 5.51. The first kappa shape index (κ1) is 29.1. The Kier molecular flexibility index (Phi) is 8.87. The molecule has 1 heterocycles. The Hall–Kier alpha value is -4.91. The summed E-state index contributed by atoms with van der Waals surface area (Å²) in [5, 5.41) is 24.2. The molecule has 3 aromatic carbocycles. The lowest BCUT2D eigenvalue weighted by atomic mass is 10.1. The first-order valence-electron chi connectivity index (χ1n) is 12.1. The van der Waals surface area contributed by atoms with Crippen LogP contribution in [0.1, 0.15) is 22.3 Å². The third-order valence-corrected chi connectivity index (χ3v) is 7.83. The van der Waals surface area contributed by atoms with Crippen molar-refractivity contribution in [3.05, 3.63) is 89.1 Å². The van der Waals surface area contributed by atoms with Crippen LogP contribution in [0, 0.1) is 36.5 Å². The normalized spacial score (nSPS) is 10.8. The summed E-state index contributed by atoms with van der Waals surface area (Å²) in [5.41, 5.74) is 3.64. The zero-order valence-electron chi connectivity index (χ0n) is 22.3. The third kappa shape index (κ3) is 7.60. The largest absolute Gasteiger partial charge is 0.437 e. The van der Waals surface area contributed by atoms with Crippen molar-refractivity contribution in [3.63, 3.8) is 0 Å². The van der Waals surface area contributed by atoms with Crippen LogP contribution in [0.2, 0.25) is 0 Å². The number of hydrogen-bond donors (Lipinski definition) is 2. The van der Waals surface area contributed by atoms with Crippen LogP contribution in [0.4, 0.5) is 17.3 Å². The van der Waals surface area contributed by atoms with E-state index in [1.807, 2.05) is 13.8 Å². The van der Waals surface area contributed by atoms with E-state index in [1.54, 1.807) is 42.6 Å². The lowest BCUT2D eigenvalue weighted by Crippen LogP contribution is -2.14. The molecule has 0 aliphatic rings. The molecule has 4 aromatic rings. The fourth-order valence-corrected chi connectivity index (χ4v) is 5.07. The van der Waals surface area contributed by atoms with Crippen LogP contribution in [-0.4, -0.2) is 36.3 Å². The van der Waals surface area contributed by atoms with Crippen molar-refractivity contribution in [2.75, 3.05) is 22.6 Å². The number of carbonyl (C=O) groups is 1. The van der Waals surface area contributed by atoms with Crippen molar-refractivity contribution in [2.45, 2.75) is 23.6 Å². The SMILES string of the molecule is Cc1cc(C#N)cc(C)c1Oc1nc(Nc2ccc(C#N)cc2)ncc1SCC(=O)Nc1ccc(S(C)(=O)=O)cc1. The quantitative estimate of drug-likeness (QED) is 0.240. The van der Waals surface area contributed by atoms with Gasteiger partial charge < -0.3 is 15.4 Å². The summed E-state index contributed by atoms with van der Waals surface area (Å²) in [5.74, 6) is 0.667. The summed E-state index contributed by atoms with van der Waals surface area (Å²) in [6, 6.07) is 20.3. The van der Waals surface area contributed by atoms with Gasteiger partial charge in [-0.2, -0.15) is 15.5 Å². The Balaban J connectivity index is 1.56. The molecular weight excluding hydrogens is 560 g/mol. The number of carbonyl (C=O) groups excluding carboxylic acids is 1. The van der Waals surface area contributed by atoms with Gasteiger partial charge in [0.2, 0.25) is 17.7 Å².